The molecule has 2 aromatic carbocycles. The predicted molar refractivity (Wildman–Crippen MR) is 115 cm³/mol. The van der Waals surface area contributed by atoms with E-state index in [0.29, 0.717) is 11.5 Å². The van der Waals surface area contributed by atoms with Crippen LogP contribution >= 0.6 is 0 Å². The molecule has 2 aromatic rings. The van der Waals surface area contributed by atoms with Gasteiger partial charge in [-0.1, -0.05) is 38.1 Å². The molecule has 0 bridgehead atoms. The van der Waals surface area contributed by atoms with Crippen LogP contribution in [0.5, 0.6) is 0 Å². The Kier molecular flexibility index (Phi) is 7.03. The van der Waals surface area contributed by atoms with Crippen molar-refractivity contribution in [3.63, 3.8) is 0 Å². The van der Waals surface area contributed by atoms with Crippen molar-refractivity contribution in [1.82, 2.24) is 0 Å². The van der Waals surface area contributed by atoms with E-state index < -0.39 is 0 Å². The van der Waals surface area contributed by atoms with E-state index in [0.717, 1.165) is 38.4 Å². The molecular weight excluding hydrogens is 360 g/mol. The normalized spacial score (nSPS) is 20.1. The van der Waals surface area contributed by atoms with Crippen molar-refractivity contribution in [3.8, 4) is 6.07 Å². The number of nitrogens with zero attached hydrogens (tertiary/aromatic N) is 1. The van der Waals surface area contributed by atoms with Crippen molar-refractivity contribution in [2.75, 3.05) is 31.5 Å². The van der Waals surface area contributed by atoms with Gasteiger partial charge in [0.1, 0.15) is 32.7 Å². The lowest BCUT2D eigenvalue weighted by Gasteiger charge is -2.32. The van der Waals surface area contributed by atoms with Crippen molar-refractivity contribution in [2.45, 2.75) is 39.3 Å². The van der Waals surface area contributed by atoms with Crippen molar-refractivity contribution in [3.05, 3.63) is 65.2 Å². The quantitative estimate of drug-likeness (QED) is 0.687. The minimum Gasteiger partial charge on any atom is -0.322 e. The summed E-state index contributed by atoms with van der Waals surface area (Å²) in [4.78, 5) is 15.6. The molecule has 0 radical (unpaired) electrons. The van der Waals surface area contributed by atoms with Crippen LogP contribution in [-0.4, -0.2) is 38.1 Å². The maximum Gasteiger partial charge on any atom is 0.282 e. The summed E-state index contributed by atoms with van der Waals surface area (Å²) in [5, 5.41) is 12.0. The van der Waals surface area contributed by atoms with Crippen LogP contribution < -0.4 is 15.1 Å². The summed E-state index contributed by atoms with van der Waals surface area (Å²) >= 11 is 0. The maximum atomic E-state index is 12.7. The van der Waals surface area contributed by atoms with E-state index in [9.17, 15) is 4.79 Å². The van der Waals surface area contributed by atoms with E-state index in [-0.39, 0.29) is 11.9 Å². The monoisotopic (exact) mass is 392 g/mol. The van der Waals surface area contributed by atoms with Crippen LogP contribution in [0.1, 0.15) is 43.4 Å². The van der Waals surface area contributed by atoms with E-state index in [1.165, 1.54) is 20.9 Å². The molecule has 3 rings (SSSR count). The number of carbonyl (C=O) groups excluding carboxylic acids is 1. The van der Waals surface area contributed by atoms with Crippen LogP contribution in [0.2, 0.25) is 0 Å². The molecule has 3 N–H and O–H groups in total. The van der Waals surface area contributed by atoms with Gasteiger partial charge in [-0.25, -0.2) is 0 Å². The Balaban J connectivity index is 1.47. The molecule has 0 saturated carbocycles. The number of piperazine rings is 1. The average Bonchev–Trinajstić information content (AvgIpc) is 2.74. The molecule has 5 heteroatoms. The molecule has 152 valence electrons. The molecule has 5 nitrogen and oxygen atoms in total. The number of benzene rings is 2. The molecule has 0 aliphatic carbocycles. The Morgan fingerprint density at radius 3 is 2.17 bits per heavy atom. The number of hydrogen-bond acceptors (Lipinski definition) is 2. The van der Waals surface area contributed by atoms with Gasteiger partial charge in [-0.2, -0.15) is 5.26 Å². The third-order valence-electron chi connectivity index (χ3n) is 5.99. The molecule has 0 unspecified atom stereocenters. The molecule has 1 fully saturated rings. The number of nitriles is 1. The fraction of sp³-hybridized carbons (Fsp3) is 0.417. The summed E-state index contributed by atoms with van der Waals surface area (Å²) in [6.07, 6.45) is 0. The van der Waals surface area contributed by atoms with Crippen molar-refractivity contribution in [1.29, 1.82) is 5.26 Å². The molecule has 0 aromatic heterocycles. The second kappa shape index (κ2) is 9.69. The lowest BCUT2D eigenvalue weighted by Crippen LogP contribution is -3.29. The number of quaternary nitrogens is 2. The zero-order valence-corrected chi connectivity index (χ0v) is 17.7. The first-order chi connectivity index (χ1) is 14.0. The predicted octanol–water partition coefficient (Wildman–Crippen LogP) is 0.992. The van der Waals surface area contributed by atoms with Crippen molar-refractivity contribution >= 4 is 11.6 Å². The molecule has 1 amide bonds. The number of nitrogens with one attached hydrogen (secondary N) is 3. The fourth-order valence-corrected chi connectivity index (χ4v) is 3.91. The Morgan fingerprint density at radius 2 is 1.62 bits per heavy atom. The highest BCUT2D eigenvalue weighted by molar-refractivity contribution is 5.93. The molecule has 29 heavy (non-hydrogen) atoms. The molecular formula is C24H32N4O+2. The topological polar surface area (TPSA) is 61.8 Å². The van der Waals surface area contributed by atoms with Crippen LogP contribution in [-0.2, 0) is 11.3 Å². The minimum absolute atomic E-state index is 0.0590. The number of anilines is 1. The first-order valence-corrected chi connectivity index (χ1v) is 10.5. The van der Waals surface area contributed by atoms with Gasteiger partial charge in [-0.3, -0.25) is 4.79 Å². The average molecular weight is 393 g/mol. The lowest BCUT2D eigenvalue weighted by atomic mass is 10.0. The van der Waals surface area contributed by atoms with E-state index >= 15 is 0 Å². The summed E-state index contributed by atoms with van der Waals surface area (Å²) in [7, 11) is 0. The van der Waals surface area contributed by atoms with Gasteiger partial charge in [0.2, 0.25) is 0 Å². The van der Waals surface area contributed by atoms with Crippen molar-refractivity contribution < 1.29 is 14.6 Å². The maximum absolute atomic E-state index is 12.7. The second-order valence-corrected chi connectivity index (χ2v) is 8.38. The summed E-state index contributed by atoms with van der Waals surface area (Å²) in [5.41, 5.74) is 4.12. The zero-order chi connectivity index (χ0) is 20.8. The Bertz CT molecular complexity index is 844. The van der Waals surface area contributed by atoms with Gasteiger partial charge < -0.3 is 15.1 Å². The lowest BCUT2D eigenvalue weighted by molar-refractivity contribution is -1.02. The highest BCUT2D eigenvalue weighted by Crippen LogP contribution is 2.17. The SMILES string of the molecule is CC(C)c1ccc(NC(=O)[C@H](C)[NH+]2CC[NH+](Cc3ccc(C#N)cc3)CC2)cc1. The third kappa shape index (κ3) is 5.66. The minimum atomic E-state index is -0.0590. The van der Waals surface area contributed by atoms with E-state index in [1.54, 1.807) is 0 Å². The molecule has 1 atom stereocenters. The largest absolute Gasteiger partial charge is 0.322 e. The number of amides is 1. The summed E-state index contributed by atoms with van der Waals surface area (Å²) in [5.74, 6) is 0.582. The fourth-order valence-electron chi connectivity index (χ4n) is 3.91. The molecule has 1 aliphatic rings. The summed E-state index contributed by atoms with van der Waals surface area (Å²) in [6.45, 7) is 11.4. The number of hydrogen-bond donors (Lipinski definition) is 3. The van der Waals surface area contributed by atoms with Gasteiger partial charge in [0, 0.05) is 11.3 Å². The van der Waals surface area contributed by atoms with E-state index in [4.69, 9.17) is 5.26 Å². The second-order valence-electron chi connectivity index (χ2n) is 8.38. The summed E-state index contributed by atoms with van der Waals surface area (Å²) < 4.78 is 0. The Hall–Kier alpha value is -2.68. The first-order valence-electron chi connectivity index (χ1n) is 10.5. The van der Waals surface area contributed by atoms with Crippen LogP contribution in [0.3, 0.4) is 0 Å². The van der Waals surface area contributed by atoms with Gasteiger partial charge >= 0.3 is 0 Å². The molecule has 1 saturated heterocycles. The van der Waals surface area contributed by atoms with Gasteiger partial charge in [0.05, 0.1) is 11.6 Å². The zero-order valence-electron chi connectivity index (χ0n) is 17.7. The van der Waals surface area contributed by atoms with Crippen LogP contribution in [0.25, 0.3) is 0 Å². The standard InChI is InChI=1S/C24H30N4O/c1-18(2)22-8-10-23(11-9-22)26-24(29)19(3)28-14-12-27(13-15-28)17-21-6-4-20(16-25)5-7-21/h4-11,18-19H,12-15,17H2,1-3H3,(H,26,29)/p+2/t19-/m0/s1. The molecule has 0 spiro atoms. The van der Waals surface area contributed by atoms with E-state index in [2.05, 4.69) is 37.4 Å². The van der Waals surface area contributed by atoms with Crippen LogP contribution in [0, 0.1) is 11.3 Å². The van der Waals surface area contributed by atoms with Gasteiger partial charge in [0.15, 0.2) is 6.04 Å². The van der Waals surface area contributed by atoms with Crippen molar-refractivity contribution in [2.24, 2.45) is 0 Å². The molecule has 1 aliphatic heterocycles. The van der Waals surface area contributed by atoms with Gasteiger partial charge in [0.25, 0.3) is 5.91 Å². The highest BCUT2D eigenvalue weighted by atomic mass is 16.2. The smallest absolute Gasteiger partial charge is 0.282 e. The van der Waals surface area contributed by atoms with Crippen LogP contribution in [0.4, 0.5) is 5.69 Å². The highest BCUT2D eigenvalue weighted by Gasteiger charge is 2.31. The Labute approximate surface area is 173 Å². The number of carbonyl (C=O) groups is 1. The van der Waals surface area contributed by atoms with Gasteiger partial charge in [-0.05, 0) is 42.7 Å². The Morgan fingerprint density at radius 1 is 1.00 bits per heavy atom. The molecule has 1 heterocycles. The van der Waals surface area contributed by atoms with Gasteiger partial charge in [-0.15, -0.1) is 0 Å². The first kappa shape index (κ1) is 21.0. The summed E-state index contributed by atoms with van der Waals surface area (Å²) in [6, 6.07) is 18.1. The third-order valence-corrected chi connectivity index (χ3v) is 5.99. The number of rotatable bonds is 6. The van der Waals surface area contributed by atoms with E-state index in [1.807, 2.05) is 43.3 Å². The van der Waals surface area contributed by atoms with Crippen LogP contribution in [0.15, 0.2) is 48.5 Å².